The van der Waals surface area contributed by atoms with E-state index in [0.717, 1.165) is 31.1 Å². The van der Waals surface area contributed by atoms with Crippen LogP contribution in [0, 0.1) is 17.8 Å². The van der Waals surface area contributed by atoms with Crippen LogP contribution in [0.4, 0.5) is 13.2 Å². The van der Waals surface area contributed by atoms with E-state index in [2.05, 4.69) is 10.2 Å². The number of amides is 1. The SMILES string of the molecule is COc1ccc(-c2nnc(C3([C@@H]4CCN(C(=O)[C@H](C)C(F)(F)F)C[C@@H]4C)CC3)o2)cc1. The number of nitrogens with zero attached hydrogens (tertiary/aromatic N) is 3. The number of benzene rings is 1. The predicted molar refractivity (Wildman–Crippen MR) is 106 cm³/mol. The molecular formula is C22H26F3N3O3. The van der Waals surface area contributed by atoms with E-state index in [1.54, 1.807) is 7.11 Å². The van der Waals surface area contributed by atoms with Crippen molar-refractivity contribution in [2.45, 2.75) is 44.7 Å². The molecular weight excluding hydrogens is 411 g/mol. The fraction of sp³-hybridized carbons (Fsp3) is 0.591. The number of hydrogen-bond acceptors (Lipinski definition) is 5. The second-order valence-electron chi connectivity index (χ2n) is 8.72. The number of hydrogen-bond donors (Lipinski definition) is 0. The minimum absolute atomic E-state index is 0.0389. The summed E-state index contributed by atoms with van der Waals surface area (Å²) in [7, 11) is 1.60. The first kappa shape index (κ1) is 21.6. The Morgan fingerprint density at radius 3 is 2.48 bits per heavy atom. The Labute approximate surface area is 178 Å². The number of aromatic nitrogens is 2. The minimum atomic E-state index is -4.52. The van der Waals surface area contributed by atoms with Crippen LogP contribution in [0.2, 0.25) is 0 Å². The number of halogens is 3. The molecule has 9 heteroatoms. The Bertz CT molecular complexity index is 937. The van der Waals surface area contributed by atoms with Gasteiger partial charge in [-0.15, -0.1) is 10.2 Å². The van der Waals surface area contributed by atoms with Crippen LogP contribution in [0.5, 0.6) is 5.75 Å². The van der Waals surface area contributed by atoms with Crippen LogP contribution in [0.3, 0.4) is 0 Å². The topological polar surface area (TPSA) is 68.5 Å². The number of carbonyl (C=O) groups is 1. The van der Waals surface area contributed by atoms with Gasteiger partial charge in [-0.2, -0.15) is 13.2 Å². The van der Waals surface area contributed by atoms with E-state index in [-0.39, 0.29) is 17.3 Å². The number of piperidine rings is 1. The molecule has 2 fully saturated rings. The smallest absolute Gasteiger partial charge is 0.400 e. The Balaban J connectivity index is 1.47. The summed E-state index contributed by atoms with van der Waals surface area (Å²) >= 11 is 0. The van der Waals surface area contributed by atoms with Gasteiger partial charge < -0.3 is 14.1 Å². The van der Waals surface area contributed by atoms with Crippen molar-refractivity contribution in [2.75, 3.05) is 20.2 Å². The van der Waals surface area contributed by atoms with Gasteiger partial charge in [-0.3, -0.25) is 4.79 Å². The summed E-state index contributed by atoms with van der Waals surface area (Å²) in [5.41, 5.74) is 0.548. The first-order valence-corrected chi connectivity index (χ1v) is 10.5. The summed E-state index contributed by atoms with van der Waals surface area (Å²) in [5.74, 6) is -0.853. The van der Waals surface area contributed by atoms with Crippen molar-refractivity contribution in [1.29, 1.82) is 0 Å². The van der Waals surface area contributed by atoms with Crippen LogP contribution in [0.25, 0.3) is 11.5 Å². The third kappa shape index (κ3) is 4.02. The Morgan fingerprint density at radius 1 is 1.26 bits per heavy atom. The van der Waals surface area contributed by atoms with Gasteiger partial charge in [0.1, 0.15) is 11.7 Å². The first-order chi connectivity index (χ1) is 14.7. The zero-order chi connectivity index (χ0) is 22.4. The van der Waals surface area contributed by atoms with Crippen LogP contribution in [-0.4, -0.2) is 47.4 Å². The lowest BCUT2D eigenvalue weighted by atomic mass is 9.75. The van der Waals surface area contributed by atoms with Gasteiger partial charge in [0, 0.05) is 18.7 Å². The van der Waals surface area contributed by atoms with Gasteiger partial charge in [0.2, 0.25) is 17.7 Å². The third-order valence-corrected chi connectivity index (χ3v) is 6.76. The molecule has 4 rings (SSSR count). The van der Waals surface area contributed by atoms with E-state index in [1.807, 2.05) is 31.2 Å². The quantitative estimate of drug-likeness (QED) is 0.691. The molecule has 0 radical (unpaired) electrons. The second-order valence-corrected chi connectivity index (χ2v) is 8.72. The van der Waals surface area contributed by atoms with Crippen molar-refractivity contribution in [3.05, 3.63) is 30.2 Å². The Morgan fingerprint density at radius 2 is 1.94 bits per heavy atom. The van der Waals surface area contributed by atoms with E-state index >= 15 is 0 Å². The number of methoxy groups -OCH3 is 1. The number of likely N-dealkylation sites (tertiary alicyclic amines) is 1. The van der Waals surface area contributed by atoms with Crippen molar-refractivity contribution in [2.24, 2.45) is 17.8 Å². The van der Waals surface area contributed by atoms with Crippen molar-refractivity contribution < 1.29 is 27.1 Å². The van der Waals surface area contributed by atoms with Crippen molar-refractivity contribution in [1.82, 2.24) is 15.1 Å². The highest BCUT2D eigenvalue weighted by atomic mass is 19.4. The highest BCUT2D eigenvalue weighted by Gasteiger charge is 2.57. The maximum atomic E-state index is 13.0. The number of alkyl halides is 3. The molecule has 1 amide bonds. The summed E-state index contributed by atoms with van der Waals surface area (Å²) in [6, 6.07) is 7.35. The Kier molecular flexibility index (Phi) is 5.47. The van der Waals surface area contributed by atoms with Gasteiger partial charge >= 0.3 is 6.18 Å². The van der Waals surface area contributed by atoms with E-state index in [4.69, 9.17) is 9.15 Å². The molecule has 168 valence electrons. The average molecular weight is 437 g/mol. The molecule has 1 saturated heterocycles. The molecule has 0 unspecified atom stereocenters. The summed E-state index contributed by atoms with van der Waals surface area (Å²) in [6.07, 6.45) is -2.09. The minimum Gasteiger partial charge on any atom is -0.497 e. The third-order valence-electron chi connectivity index (χ3n) is 6.76. The zero-order valence-corrected chi connectivity index (χ0v) is 17.8. The van der Waals surface area contributed by atoms with Gasteiger partial charge in [-0.05, 0) is 62.3 Å². The van der Waals surface area contributed by atoms with Gasteiger partial charge in [0.25, 0.3) is 0 Å². The average Bonchev–Trinajstić information content (AvgIpc) is 3.40. The van der Waals surface area contributed by atoms with Crippen molar-refractivity contribution >= 4 is 5.91 Å². The standard InChI is InChI=1S/C22H26F3N3O3/c1-13-12-28(19(29)14(2)22(23,24)25)11-8-17(13)21(9-10-21)20-27-26-18(31-20)15-4-6-16(30-3)7-5-15/h4-7,13-14,17H,8-12H2,1-3H3/t13-,14-,17+/m0/s1. The summed E-state index contributed by atoms with van der Waals surface area (Å²) in [5, 5.41) is 8.53. The lowest BCUT2D eigenvalue weighted by molar-refractivity contribution is -0.187. The predicted octanol–water partition coefficient (Wildman–Crippen LogP) is 4.46. The van der Waals surface area contributed by atoms with E-state index in [9.17, 15) is 18.0 Å². The second kappa shape index (κ2) is 7.84. The maximum absolute atomic E-state index is 13.0. The molecule has 1 saturated carbocycles. The largest absolute Gasteiger partial charge is 0.497 e. The van der Waals surface area contributed by atoms with Crippen molar-refractivity contribution in [3.8, 4) is 17.2 Å². The van der Waals surface area contributed by atoms with E-state index in [0.29, 0.717) is 31.3 Å². The molecule has 6 nitrogen and oxygen atoms in total. The molecule has 31 heavy (non-hydrogen) atoms. The van der Waals surface area contributed by atoms with E-state index < -0.39 is 18.0 Å². The van der Waals surface area contributed by atoms with Crippen LogP contribution >= 0.6 is 0 Å². The molecule has 3 atom stereocenters. The first-order valence-electron chi connectivity index (χ1n) is 10.5. The summed E-state index contributed by atoms with van der Waals surface area (Å²) < 4.78 is 50.1. The highest BCUT2D eigenvalue weighted by Crippen LogP contribution is 2.58. The van der Waals surface area contributed by atoms with Crippen LogP contribution in [-0.2, 0) is 10.2 Å². The number of rotatable bonds is 5. The normalized spacial score (nSPS) is 24.0. The fourth-order valence-electron chi connectivity index (χ4n) is 4.73. The Hall–Kier alpha value is -2.58. The lowest BCUT2D eigenvalue weighted by Crippen LogP contribution is -2.49. The van der Waals surface area contributed by atoms with Gasteiger partial charge in [-0.1, -0.05) is 6.92 Å². The fourth-order valence-corrected chi connectivity index (χ4v) is 4.73. The van der Waals surface area contributed by atoms with Gasteiger partial charge in [0.05, 0.1) is 12.5 Å². The van der Waals surface area contributed by atoms with E-state index in [1.165, 1.54) is 4.90 Å². The van der Waals surface area contributed by atoms with Crippen LogP contribution in [0.1, 0.15) is 39.0 Å². The van der Waals surface area contributed by atoms with Crippen LogP contribution in [0.15, 0.2) is 28.7 Å². The van der Waals surface area contributed by atoms with Gasteiger partial charge in [0.15, 0.2) is 0 Å². The van der Waals surface area contributed by atoms with Crippen molar-refractivity contribution in [3.63, 3.8) is 0 Å². The van der Waals surface area contributed by atoms with Crippen LogP contribution < -0.4 is 4.74 Å². The molecule has 2 aliphatic rings. The molecule has 1 aromatic heterocycles. The maximum Gasteiger partial charge on any atom is 0.400 e. The molecule has 1 aromatic carbocycles. The molecule has 0 bridgehead atoms. The molecule has 2 heterocycles. The zero-order valence-electron chi connectivity index (χ0n) is 17.8. The highest BCUT2D eigenvalue weighted by molar-refractivity contribution is 5.79. The molecule has 2 aromatic rings. The lowest BCUT2D eigenvalue weighted by Gasteiger charge is -2.41. The summed E-state index contributed by atoms with van der Waals surface area (Å²) in [6.45, 7) is 3.55. The monoisotopic (exact) mass is 437 g/mol. The molecule has 0 N–H and O–H groups in total. The van der Waals surface area contributed by atoms with Gasteiger partial charge in [-0.25, -0.2) is 0 Å². The molecule has 1 aliphatic carbocycles. The number of carbonyl (C=O) groups excluding carboxylic acids is 1. The number of ether oxygens (including phenoxy) is 1. The summed E-state index contributed by atoms with van der Waals surface area (Å²) in [4.78, 5) is 13.6. The molecule has 0 spiro atoms. The molecule has 1 aliphatic heterocycles.